The third-order valence-corrected chi connectivity index (χ3v) is 3.50. The van der Waals surface area contributed by atoms with Crippen LogP contribution in [0, 0.1) is 12.8 Å². The topological polar surface area (TPSA) is 62.4 Å². The Morgan fingerprint density at radius 1 is 1.39 bits per heavy atom. The van der Waals surface area contributed by atoms with Gasteiger partial charge in [-0.2, -0.15) is 0 Å². The Morgan fingerprint density at radius 3 is 2.67 bits per heavy atom. The molecule has 0 atom stereocenters. The van der Waals surface area contributed by atoms with Crippen molar-refractivity contribution in [2.45, 2.75) is 26.3 Å². The lowest BCUT2D eigenvalue weighted by molar-refractivity contribution is 0.177. The summed E-state index contributed by atoms with van der Waals surface area (Å²) in [4.78, 5) is 6.73. The van der Waals surface area contributed by atoms with Crippen molar-refractivity contribution in [3.8, 4) is 5.75 Å². The van der Waals surface area contributed by atoms with E-state index in [1.165, 1.54) is 0 Å². The van der Waals surface area contributed by atoms with Crippen LogP contribution >= 0.6 is 12.4 Å². The van der Waals surface area contributed by atoms with Crippen molar-refractivity contribution in [1.29, 1.82) is 0 Å². The lowest BCUT2D eigenvalue weighted by Crippen LogP contribution is -2.35. The van der Waals surface area contributed by atoms with Crippen LogP contribution in [0.25, 0.3) is 0 Å². The first-order valence-corrected chi connectivity index (χ1v) is 6.27. The molecule has 0 aromatic carbocycles. The summed E-state index contributed by atoms with van der Waals surface area (Å²) in [7, 11) is 0. The number of likely N-dealkylation sites (tertiary alicyclic amines) is 1. The molecule has 102 valence electrons. The number of aryl methyl sites for hydroxylation is 1. The van der Waals surface area contributed by atoms with E-state index in [0.29, 0.717) is 11.7 Å². The summed E-state index contributed by atoms with van der Waals surface area (Å²) < 4.78 is 0. The highest BCUT2D eigenvalue weighted by Crippen LogP contribution is 2.21. The van der Waals surface area contributed by atoms with Gasteiger partial charge in [0, 0.05) is 12.2 Å². The van der Waals surface area contributed by atoms with E-state index in [1.54, 1.807) is 6.07 Å². The Kier molecular flexibility index (Phi) is 5.85. The molecule has 1 aromatic heterocycles. The predicted molar refractivity (Wildman–Crippen MR) is 74.9 cm³/mol. The average Bonchev–Trinajstić information content (AvgIpc) is 2.35. The van der Waals surface area contributed by atoms with Crippen molar-refractivity contribution < 1.29 is 5.11 Å². The molecule has 2 heterocycles. The van der Waals surface area contributed by atoms with Gasteiger partial charge in [0.2, 0.25) is 0 Å². The van der Waals surface area contributed by atoms with Crippen LogP contribution in [-0.4, -0.2) is 34.6 Å². The minimum absolute atomic E-state index is 0. The van der Waals surface area contributed by atoms with Crippen molar-refractivity contribution in [3.63, 3.8) is 0 Å². The molecule has 1 aromatic rings. The first-order chi connectivity index (χ1) is 8.19. The summed E-state index contributed by atoms with van der Waals surface area (Å²) >= 11 is 0. The van der Waals surface area contributed by atoms with Gasteiger partial charge in [0.25, 0.3) is 0 Å². The molecule has 1 aliphatic heterocycles. The van der Waals surface area contributed by atoms with Crippen LogP contribution in [0.4, 0.5) is 0 Å². The minimum atomic E-state index is 0. The van der Waals surface area contributed by atoms with Gasteiger partial charge < -0.3 is 10.8 Å². The highest BCUT2D eigenvalue weighted by Gasteiger charge is 2.19. The number of hydrogen-bond donors (Lipinski definition) is 2. The van der Waals surface area contributed by atoms with E-state index in [2.05, 4.69) is 9.88 Å². The van der Waals surface area contributed by atoms with E-state index in [4.69, 9.17) is 5.73 Å². The van der Waals surface area contributed by atoms with Crippen LogP contribution in [0.2, 0.25) is 0 Å². The number of pyridine rings is 1. The van der Waals surface area contributed by atoms with E-state index in [0.717, 1.165) is 50.4 Å². The molecule has 0 amide bonds. The van der Waals surface area contributed by atoms with Crippen LogP contribution in [-0.2, 0) is 6.54 Å². The molecule has 2 rings (SSSR count). The third-order valence-electron chi connectivity index (χ3n) is 3.50. The maximum absolute atomic E-state index is 9.75. The van der Waals surface area contributed by atoms with Crippen molar-refractivity contribution >= 4 is 12.4 Å². The second-order valence-electron chi connectivity index (χ2n) is 4.87. The van der Waals surface area contributed by atoms with Gasteiger partial charge in [-0.15, -0.1) is 12.4 Å². The number of halogens is 1. The molecule has 0 bridgehead atoms. The molecule has 18 heavy (non-hydrogen) atoms. The third kappa shape index (κ3) is 3.83. The van der Waals surface area contributed by atoms with Crippen LogP contribution in [0.1, 0.15) is 24.2 Å². The summed E-state index contributed by atoms with van der Waals surface area (Å²) in [6.45, 7) is 5.59. The van der Waals surface area contributed by atoms with Gasteiger partial charge >= 0.3 is 0 Å². The molecule has 3 N–H and O–H groups in total. The predicted octanol–water partition coefficient (Wildman–Crippen LogP) is 1.69. The largest absolute Gasteiger partial charge is 0.506 e. The summed E-state index contributed by atoms with van der Waals surface area (Å²) in [5.74, 6) is 0.974. The zero-order valence-electron chi connectivity index (χ0n) is 10.8. The van der Waals surface area contributed by atoms with Crippen molar-refractivity contribution in [3.05, 3.63) is 23.5 Å². The Labute approximate surface area is 115 Å². The monoisotopic (exact) mass is 271 g/mol. The molecule has 1 saturated heterocycles. The first-order valence-electron chi connectivity index (χ1n) is 6.27. The van der Waals surface area contributed by atoms with Gasteiger partial charge in [0.05, 0.1) is 5.69 Å². The molecule has 1 fully saturated rings. The minimum Gasteiger partial charge on any atom is -0.506 e. The molecule has 1 aliphatic rings. The van der Waals surface area contributed by atoms with Gasteiger partial charge in [-0.3, -0.25) is 9.88 Å². The maximum atomic E-state index is 9.75. The highest BCUT2D eigenvalue weighted by molar-refractivity contribution is 5.85. The number of hydrogen-bond acceptors (Lipinski definition) is 4. The van der Waals surface area contributed by atoms with Crippen molar-refractivity contribution in [1.82, 2.24) is 9.88 Å². The van der Waals surface area contributed by atoms with E-state index in [1.807, 2.05) is 13.0 Å². The van der Waals surface area contributed by atoms with Gasteiger partial charge in [-0.1, -0.05) is 0 Å². The molecule has 5 heteroatoms. The standard InChI is InChI=1S/C13H21N3O.ClH/c1-10-2-3-13(17)12(15-10)9-16-6-4-11(8-14)5-7-16;/h2-3,11,17H,4-9,14H2,1H3;1H. The summed E-state index contributed by atoms with van der Waals surface area (Å²) in [6, 6.07) is 3.56. The summed E-state index contributed by atoms with van der Waals surface area (Å²) in [5.41, 5.74) is 7.42. The average molecular weight is 272 g/mol. The molecule has 4 nitrogen and oxygen atoms in total. The van der Waals surface area contributed by atoms with Gasteiger partial charge in [-0.25, -0.2) is 0 Å². The lowest BCUT2D eigenvalue weighted by Gasteiger charge is -2.31. The fourth-order valence-electron chi connectivity index (χ4n) is 2.31. The molecular formula is C13H22ClN3O. The Bertz CT molecular complexity index is 378. The van der Waals surface area contributed by atoms with E-state index in [9.17, 15) is 5.11 Å². The van der Waals surface area contributed by atoms with Crippen LogP contribution in [0.15, 0.2) is 12.1 Å². The van der Waals surface area contributed by atoms with Crippen LogP contribution in [0.5, 0.6) is 5.75 Å². The molecular weight excluding hydrogens is 250 g/mol. The van der Waals surface area contributed by atoms with Gasteiger partial charge in [-0.05, 0) is 57.5 Å². The zero-order chi connectivity index (χ0) is 12.3. The molecule has 0 radical (unpaired) electrons. The number of rotatable bonds is 3. The SMILES string of the molecule is Cc1ccc(O)c(CN2CCC(CN)CC2)n1.Cl. The van der Waals surface area contributed by atoms with E-state index in [-0.39, 0.29) is 12.4 Å². The van der Waals surface area contributed by atoms with Gasteiger partial charge in [0.15, 0.2) is 0 Å². The zero-order valence-corrected chi connectivity index (χ0v) is 11.6. The number of piperidine rings is 1. The van der Waals surface area contributed by atoms with Gasteiger partial charge in [0.1, 0.15) is 5.75 Å². The van der Waals surface area contributed by atoms with E-state index >= 15 is 0 Å². The van der Waals surface area contributed by atoms with Crippen LogP contribution < -0.4 is 5.73 Å². The number of nitrogens with zero attached hydrogens (tertiary/aromatic N) is 2. The normalized spacial score (nSPS) is 17.4. The maximum Gasteiger partial charge on any atom is 0.138 e. The lowest BCUT2D eigenvalue weighted by atomic mass is 9.97. The second-order valence-corrected chi connectivity index (χ2v) is 4.87. The number of aromatic nitrogens is 1. The molecule has 0 aliphatic carbocycles. The highest BCUT2D eigenvalue weighted by atomic mass is 35.5. The smallest absolute Gasteiger partial charge is 0.138 e. The molecule has 0 saturated carbocycles. The molecule has 0 unspecified atom stereocenters. The second kappa shape index (κ2) is 6.92. The summed E-state index contributed by atoms with van der Waals surface area (Å²) in [6.07, 6.45) is 2.31. The Morgan fingerprint density at radius 2 is 2.06 bits per heavy atom. The fourth-order valence-corrected chi connectivity index (χ4v) is 2.31. The van der Waals surface area contributed by atoms with Crippen molar-refractivity contribution in [2.24, 2.45) is 11.7 Å². The summed E-state index contributed by atoms with van der Waals surface area (Å²) in [5, 5.41) is 9.75. The first kappa shape index (κ1) is 15.2. The Hall–Kier alpha value is -0.840. The number of nitrogens with two attached hydrogens (primary N) is 1. The fraction of sp³-hybridized carbons (Fsp3) is 0.615. The van der Waals surface area contributed by atoms with Crippen LogP contribution in [0.3, 0.4) is 0 Å². The Balaban J connectivity index is 0.00000162. The number of aromatic hydroxyl groups is 1. The van der Waals surface area contributed by atoms with E-state index < -0.39 is 0 Å². The molecule has 0 spiro atoms. The quantitative estimate of drug-likeness (QED) is 0.878. The van der Waals surface area contributed by atoms with Crippen molar-refractivity contribution in [2.75, 3.05) is 19.6 Å².